The van der Waals surface area contributed by atoms with Crippen molar-refractivity contribution < 1.29 is 28.7 Å². The van der Waals surface area contributed by atoms with Crippen molar-refractivity contribution in [3.8, 4) is 5.75 Å². The van der Waals surface area contributed by atoms with E-state index in [-0.39, 0.29) is 17.2 Å². The van der Waals surface area contributed by atoms with Crippen molar-refractivity contribution in [2.45, 2.75) is 20.3 Å². The van der Waals surface area contributed by atoms with Gasteiger partial charge in [-0.1, -0.05) is 13.0 Å². The van der Waals surface area contributed by atoms with Crippen LogP contribution in [-0.2, 0) is 19.2 Å². The zero-order valence-corrected chi connectivity index (χ0v) is 17.5. The fourth-order valence-electron chi connectivity index (χ4n) is 3.07. The van der Waals surface area contributed by atoms with Gasteiger partial charge in [0.2, 0.25) is 6.41 Å². The Morgan fingerprint density at radius 1 is 1.03 bits per heavy atom. The molecule has 0 aliphatic carbocycles. The van der Waals surface area contributed by atoms with Gasteiger partial charge in [-0.3, -0.25) is 19.2 Å². The van der Waals surface area contributed by atoms with Crippen LogP contribution in [0.4, 0.5) is 11.4 Å². The van der Waals surface area contributed by atoms with Crippen LogP contribution in [-0.4, -0.2) is 30.1 Å². The van der Waals surface area contributed by atoms with Crippen molar-refractivity contribution in [3.05, 3.63) is 77.9 Å². The zero-order chi connectivity index (χ0) is 23.3. The van der Waals surface area contributed by atoms with Gasteiger partial charge in [0.1, 0.15) is 5.75 Å². The first-order valence-corrected chi connectivity index (χ1v) is 9.82. The number of esters is 1. The summed E-state index contributed by atoms with van der Waals surface area (Å²) in [6.45, 7) is 3.46. The number of ether oxygens (including phenoxy) is 1. The van der Waals surface area contributed by atoms with Crippen LogP contribution in [0.25, 0.3) is 0 Å². The maximum Gasteiger partial charge on any atom is 0.343 e. The van der Waals surface area contributed by atoms with Crippen LogP contribution in [0.5, 0.6) is 5.75 Å². The molecule has 8 heteroatoms. The van der Waals surface area contributed by atoms with E-state index in [0.29, 0.717) is 29.8 Å². The lowest BCUT2D eigenvalue weighted by Crippen LogP contribution is -2.30. The fraction of sp³-hybridized carbons (Fsp3) is 0.125. The molecule has 8 nitrogen and oxygen atoms in total. The quantitative estimate of drug-likeness (QED) is 0.219. The molecule has 2 aromatic carbocycles. The molecule has 0 atom stereocenters. The van der Waals surface area contributed by atoms with E-state index in [9.17, 15) is 24.0 Å². The van der Waals surface area contributed by atoms with E-state index < -0.39 is 17.8 Å². The van der Waals surface area contributed by atoms with Crippen LogP contribution >= 0.6 is 0 Å². The number of allylic oxidation sites excluding steroid dienone is 1. The Morgan fingerprint density at radius 2 is 1.69 bits per heavy atom. The van der Waals surface area contributed by atoms with Gasteiger partial charge in [0, 0.05) is 11.6 Å². The Balaban J connectivity index is 1.69. The molecule has 0 N–H and O–H groups in total. The molecule has 0 saturated carbocycles. The van der Waals surface area contributed by atoms with Crippen LogP contribution in [0.2, 0.25) is 0 Å². The van der Waals surface area contributed by atoms with Crippen LogP contribution < -0.4 is 14.5 Å². The molecular formula is C24H20N2O6. The predicted molar refractivity (Wildman–Crippen MR) is 117 cm³/mol. The number of carbonyl (C=O) groups excluding carboxylic acids is 5. The number of rotatable bonds is 7. The van der Waals surface area contributed by atoms with Crippen molar-refractivity contribution in [2.24, 2.45) is 0 Å². The van der Waals surface area contributed by atoms with Crippen LogP contribution in [0.15, 0.2) is 72.3 Å². The SMILES string of the molecule is C/C=C\C(=O)N(C=O)c1ccc(C(=O)Oc2ccc(N3C(=O)C=C(CC)C3=O)cc2)cc1. The first-order chi connectivity index (χ1) is 15.4. The molecule has 0 spiro atoms. The predicted octanol–water partition coefficient (Wildman–Crippen LogP) is 3.18. The van der Waals surface area contributed by atoms with Crippen LogP contribution in [0, 0.1) is 0 Å². The zero-order valence-electron chi connectivity index (χ0n) is 17.5. The minimum Gasteiger partial charge on any atom is -0.423 e. The summed E-state index contributed by atoms with van der Waals surface area (Å²) in [5.74, 6) is -1.70. The van der Waals surface area contributed by atoms with Gasteiger partial charge in [0.25, 0.3) is 17.7 Å². The van der Waals surface area contributed by atoms with Gasteiger partial charge in [0.15, 0.2) is 0 Å². The Labute approximate surface area is 184 Å². The van der Waals surface area contributed by atoms with E-state index in [2.05, 4.69) is 0 Å². The van der Waals surface area contributed by atoms with E-state index in [1.54, 1.807) is 13.8 Å². The Hall–Kier alpha value is -4.33. The number of nitrogens with zero attached hydrogens (tertiary/aromatic N) is 2. The largest absolute Gasteiger partial charge is 0.423 e. The molecule has 1 aliphatic heterocycles. The number of hydrogen-bond donors (Lipinski definition) is 0. The summed E-state index contributed by atoms with van der Waals surface area (Å²) < 4.78 is 5.33. The maximum absolute atomic E-state index is 12.4. The normalized spacial score (nSPS) is 13.3. The second kappa shape index (κ2) is 9.65. The molecule has 162 valence electrons. The first-order valence-electron chi connectivity index (χ1n) is 9.82. The molecular weight excluding hydrogens is 412 g/mol. The van der Waals surface area contributed by atoms with Gasteiger partial charge in [-0.25, -0.2) is 14.6 Å². The number of benzene rings is 2. The summed E-state index contributed by atoms with van der Waals surface area (Å²) in [6, 6.07) is 11.8. The second-order valence-corrected chi connectivity index (χ2v) is 6.75. The average Bonchev–Trinajstić information content (AvgIpc) is 3.08. The summed E-state index contributed by atoms with van der Waals surface area (Å²) in [4.78, 5) is 61.8. The van der Waals surface area contributed by atoms with Gasteiger partial charge in [-0.2, -0.15) is 0 Å². The Bertz CT molecular complexity index is 1130. The highest BCUT2D eigenvalue weighted by Gasteiger charge is 2.31. The first kappa shape index (κ1) is 22.4. The molecule has 0 unspecified atom stereocenters. The lowest BCUT2D eigenvalue weighted by Gasteiger charge is -2.15. The smallest absolute Gasteiger partial charge is 0.343 e. The summed E-state index contributed by atoms with van der Waals surface area (Å²) in [5, 5.41) is 0. The van der Waals surface area contributed by atoms with Crippen molar-refractivity contribution in [2.75, 3.05) is 9.80 Å². The molecule has 0 radical (unpaired) electrons. The molecule has 32 heavy (non-hydrogen) atoms. The average molecular weight is 432 g/mol. The van der Waals surface area contributed by atoms with Crippen molar-refractivity contribution in [3.63, 3.8) is 0 Å². The van der Waals surface area contributed by atoms with E-state index in [1.165, 1.54) is 66.8 Å². The van der Waals surface area contributed by atoms with Gasteiger partial charge in [0.05, 0.1) is 16.9 Å². The number of hydrogen-bond acceptors (Lipinski definition) is 6. The number of anilines is 2. The molecule has 0 saturated heterocycles. The molecule has 4 amide bonds. The highest BCUT2D eigenvalue weighted by atomic mass is 16.5. The summed E-state index contributed by atoms with van der Waals surface area (Å²) >= 11 is 0. The third-order valence-electron chi connectivity index (χ3n) is 4.72. The van der Waals surface area contributed by atoms with Gasteiger partial charge in [-0.15, -0.1) is 0 Å². The second-order valence-electron chi connectivity index (χ2n) is 6.75. The van der Waals surface area contributed by atoms with Gasteiger partial charge in [-0.05, 0) is 68.0 Å². The van der Waals surface area contributed by atoms with E-state index in [4.69, 9.17) is 4.74 Å². The molecule has 0 fully saturated rings. The van der Waals surface area contributed by atoms with E-state index >= 15 is 0 Å². The number of imide groups is 2. The summed E-state index contributed by atoms with van der Waals surface area (Å²) in [5.41, 5.74) is 1.34. The monoisotopic (exact) mass is 432 g/mol. The van der Waals surface area contributed by atoms with Crippen LogP contribution in [0.1, 0.15) is 30.6 Å². The fourth-order valence-corrected chi connectivity index (χ4v) is 3.07. The molecule has 1 aliphatic rings. The molecule has 0 aromatic heterocycles. The van der Waals surface area contributed by atoms with E-state index in [1.807, 2.05) is 0 Å². The van der Waals surface area contributed by atoms with Crippen molar-refractivity contribution in [1.82, 2.24) is 0 Å². The highest BCUT2D eigenvalue weighted by Crippen LogP contribution is 2.26. The van der Waals surface area contributed by atoms with Crippen molar-refractivity contribution in [1.29, 1.82) is 0 Å². The van der Waals surface area contributed by atoms with E-state index in [0.717, 1.165) is 9.80 Å². The standard InChI is InChI=1S/C24H20N2O6/c1-3-5-21(28)25(15-27)18-8-6-17(7-9-18)24(31)32-20-12-10-19(11-13-20)26-22(29)14-16(4-2)23(26)30/h3,5-15H,4H2,1-2H3/b5-3-. The summed E-state index contributed by atoms with van der Waals surface area (Å²) in [6.07, 6.45) is 4.95. The topological polar surface area (TPSA) is 101 Å². The molecule has 3 rings (SSSR count). The minimum absolute atomic E-state index is 0.212. The maximum atomic E-state index is 12.4. The number of carbonyl (C=O) groups is 5. The lowest BCUT2D eigenvalue weighted by molar-refractivity contribution is -0.121. The molecule has 0 bridgehead atoms. The van der Waals surface area contributed by atoms with Crippen molar-refractivity contribution >= 4 is 41.5 Å². The third-order valence-corrected chi connectivity index (χ3v) is 4.72. The van der Waals surface area contributed by atoms with Gasteiger partial charge >= 0.3 is 5.97 Å². The molecule has 1 heterocycles. The summed E-state index contributed by atoms with van der Waals surface area (Å²) in [7, 11) is 0. The Kier molecular flexibility index (Phi) is 6.74. The third kappa shape index (κ3) is 4.54. The Morgan fingerprint density at radius 3 is 2.22 bits per heavy atom. The van der Waals surface area contributed by atoms with Crippen LogP contribution in [0.3, 0.4) is 0 Å². The molecule has 2 aromatic rings. The number of amides is 4. The lowest BCUT2D eigenvalue weighted by atomic mass is 10.2. The highest BCUT2D eigenvalue weighted by molar-refractivity contribution is 6.30. The van der Waals surface area contributed by atoms with Gasteiger partial charge < -0.3 is 4.74 Å². The minimum atomic E-state index is -0.648.